The standard InChI is InChI=1S/C9H10BrFN2/c1-2-3-4-12-9-8(11)5-7(10)6-13-9/h2,5-6H,1,3-4H2,(H,12,13). The highest BCUT2D eigenvalue weighted by atomic mass is 79.9. The van der Waals surface area contributed by atoms with Gasteiger partial charge in [0.25, 0.3) is 0 Å². The smallest absolute Gasteiger partial charge is 0.166 e. The molecule has 1 N–H and O–H groups in total. The first kappa shape index (κ1) is 10.2. The molecule has 0 saturated carbocycles. The van der Waals surface area contributed by atoms with Crippen LogP contribution in [0.5, 0.6) is 0 Å². The zero-order chi connectivity index (χ0) is 9.68. The number of hydrogen-bond acceptors (Lipinski definition) is 2. The lowest BCUT2D eigenvalue weighted by Crippen LogP contribution is -2.04. The zero-order valence-electron chi connectivity index (χ0n) is 7.06. The van der Waals surface area contributed by atoms with E-state index in [2.05, 4.69) is 32.8 Å². The topological polar surface area (TPSA) is 24.9 Å². The molecule has 0 radical (unpaired) electrons. The minimum Gasteiger partial charge on any atom is -0.367 e. The van der Waals surface area contributed by atoms with E-state index in [1.807, 2.05) is 0 Å². The SMILES string of the molecule is C=CCCNc1ncc(Br)cc1F. The van der Waals surface area contributed by atoms with Crippen LogP contribution in [0.1, 0.15) is 6.42 Å². The van der Waals surface area contributed by atoms with Gasteiger partial charge >= 0.3 is 0 Å². The van der Waals surface area contributed by atoms with E-state index in [1.54, 1.807) is 12.3 Å². The Hall–Kier alpha value is -0.900. The van der Waals surface area contributed by atoms with Gasteiger partial charge in [-0.1, -0.05) is 6.08 Å². The fourth-order valence-corrected chi connectivity index (χ4v) is 1.14. The minimum atomic E-state index is -0.349. The number of rotatable bonds is 4. The van der Waals surface area contributed by atoms with Gasteiger partial charge in [-0.3, -0.25) is 0 Å². The number of hydrogen-bond donors (Lipinski definition) is 1. The molecule has 0 atom stereocenters. The van der Waals surface area contributed by atoms with E-state index in [-0.39, 0.29) is 11.6 Å². The Kier molecular flexibility index (Phi) is 3.89. The van der Waals surface area contributed by atoms with Crippen LogP contribution in [0.25, 0.3) is 0 Å². The first-order valence-corrected chi connectivity index (χ1v) is 4.69. The second kappa shape index (κ2) is 4.97. The van der Waals surface area contributed by atoms with E-state index in [4.69, 9.17) is 0 Å². The van der Waals surface area contributed by atoms with Gasteiger partial charge in [-0.2, -0.15) is 0 Å². The van der Waals surface area contributed by atoms with Gasteiger partial charge in [0.2, 0.25) is 0 Å². The fourth-order valence-electron chi connectivity index (χ4n) is 0.837. The van der Waals surface area contributed by atoms with E-state index in [1.165, 1.54) is 6.07 Å². The summed E-state index contributed by atoms with van der Waals surface area (Å²) >= 11 is 3.13. The second-order valence-electron chi connectivity index (χ2n) is 2.49. The molecule has 70 valence electrons. The number of nitrogens with zero attached hydrogens (tertiary/aromatic N) is 1. The predicted octanol–water partition coefficient (Wildman–Crippen LogP) is 2.97. The Bertz CT molecular complexity index is 302. The average molecular weight is 245 g/mol. The molecule has 1 rings (SSSR count). The van der Waals surface area contributed by atoms with Crippen molar-refractivity contribution in [1.82, 2.24) is 4.98 Å². The summed E-state index contributed by atoms with van der Waals surface area (Å²) in [7, 11) is 0. The molecule has 1 aromatic rings. The van der Waals surface area contributed by atoms with E-state index in [0.29, 0.717) is 11.0 Å². The lowest BCUT2D eigenvalue weighted by molar-refractivity contribution is 0.623. The van der Waals surface area contributed by atoms with Gasteiger partial charge in [0.15, 0.2) is 11.6 Å². The molecular weight excluding hydrogens is 235 g/mol. The molecule has 2 nitrogen and oxygen atoms in total. The molecule has 0 saturated heterocycles. The van der Waals surface area contributed by atoms with Crippen LogP contribution in [-0.2, 0) is 0 Å². The van der Waals surface area contributed by atoms with E-state index >= 15 is 0 Å². The molecule has 0 spiro atoms. The van der Waals surface area contributed by atoms with Gasteiger partial charge in [-0.05, 0) is 28.4 Å². The Morgan fingerprint density at radius 3 is 3.08 bits per heavy atom. The van der Waals surface area contributed by atoms with Gasteiger partial charge in [-0.25, -0.2) is 9.37 Å². The summed E-state index contributed by atoms with van der Waals surface area (Å²) in [6.07, 6.45) is 4.11. The van der Waals surface area contributed by atoms with Crippen molar-refractivity contribution in [2.45, 2.75) is 6.42 Å². The molecule has 1 aromatic heterocycles. The van der Waals surface area contributed by atoms with Crippen LogP contribution in [0, 0.1) is 5.82 Å². The molecular formula is C9H10BrFN2. The van der Waals surface area contributed by atoms with Crippen molar-refractivity contribution in [1.29, 1.82) is 0 Å². The first-order valence-electron chi connectivity index (χ1n) is 3.90. The fraction of sp³-hybridized carbons (Fsp3) is 0.222. The highest BCUT2D eigenvalue weighted by molar-refractivity contribution is 9.10. The predicted molar refractivity (Wildman–Crippen MR) is 55.2 cm³/mol. The second-order valence-corrected chi connectivity index (χ2v) is 3.40. The number of anilines is 1. The highest BCUT2D eigenvalue weighted by Crippen LogP contribution is 2.15. The maximum absolute atomic E-state index is 13.1. The normalized spacial score (nSPS) is 9.69. The average Bonchev–Trinajstić information content (AvgIpc) is 2.09. The van der Waals surface area contributed by atoms with Crippen LogP contribution in [-0.4, -0.2) is 11.5 Å². The van der Waals surface area contributed by atoms with Crippen LogP contribution in [0.3, 0.4) is 0 Å². The minimum absolute atomic E-state index is 0.282. The molecule has 1 heterocycles. The summed E-state index contributed by atoms with van der Waals surface area (Å²) < 4.78 is 13.7. The lowest BCUT2D eigenvalue weighted by Gasteiger charge is -2.04. The van der Waals surface area contributed by atoms with Crippen molar-refractivity contribution in [3.05, 3.63) is 35.2 Å². The summed E-state index contributed by atoms with van der Waals surface area (Å²) in [5.74, 6) is -0.0662. The Labute approximate surface area is 85.0 Å². The number of halogens is 2. The van der Waals surface area contributed by atoms with Crippen LogP contribution >= 0.6 is 15.9 Å². The van der Waals surface area contributed by atoms with Crippen molar-refractivity contribution in [3.8, 4) is 0 Å². The molecule has 0 fully saturated rings. The van der Waals surface area contributed by atoms with Crippen molar-refractivity contribution in [2.75, 3.05) is 11.9 Å². The quantitative estimate of drug-likeness (QED) is 0.651. The molecule has 13 heavy (non-hydrogen) atoms. The van der Waals surface area contributed by atoms with Crippen LogP contribution in [0.4, 0.5) is 10.2 Å². The molecule has 0 amide bonds. The third-order valence-electron chi connectivity index (χ3n) is 1.45. The van der Waals surface area contributed by atoms with Crippen LogP contribution in [0.15, 0.2) is 29.4 Å². The van der Waals surface area contributed by atoms with Crippen molar-refractivity contribution in [3.63, 3.8) is 0 Å². The van der Waals surface area contributed by atoms with Gasteiger partial charge in [0.1, 0.15) is 0 Å². The molecule has 0 bridgehead atoms. The molecule has 0 aliphatic carbocycles. The van der Waals surface area contributed by atoms with Gasteiger partial charge in [-0.15, -0.1) is 6.58 Å². The van der Waals surface area contributed by atoms with Crippen LogP contribution in [0.2, 0.25) is 0 Å². The van der Waals surface area contributed by atoms with Gasteiger partial charge in [0.05, 0.1) is 0 Å². The molecule has 0 aliphatic rings. The molecule has 0 aliphatic heterocycles. The van der Waals surface area contributed by atoms with Gasteiger partial charge < -0.3 is 5.32 Å². The Balaban J connectivity index is 2.61. The summed E-state index contributed by atoms with van der Waals surface area (Å²) in [5, 5.41) is 2.86. The Morgan fingerprint density at radius 2 is 2.46 bits per heavy atom. The van der Waals surface area contributed by atoms with Crippen molar-refractivity contribution < 1.29 is 4.39 Å². The number of pyridine rings is 1. The maximum Gasteiger partial charge on any atom is 0.166 e. The maximum atomic E-state index is 13.1. The van der Waals surface area contributed by atoms with Gasteiger partial charge in [0, 0.05) is 17.2 Å². The van der Waals surface area contributed by atoms with E-state index < -0.39 is 0 Å². The molecule has 0 aromatic carbocycles. The lowest BCUT2D eigenvalue weighted by atomic mass is 10.4. The largest absolute Gasteiger partial charge is 0.367 e. The number of aromatic nitrogens is 1. The summed E-state index contributed by atoms with van der Waals surface area (Å²) in [5.41, 5.74) is 0. The monoisotopic (exact) mass is 244 g/mol. The van der Waals surface area contributed by atoms with E-state index in [0.717, 1.165) is 6.42 Å². The molecule has 4 heteroatoms. The summed E-state index contributed by atoms with van der Waals surface area (Å²) in [6, 6.07) is 1.38. The van der Waals surface area contributed by atoms with E-state index in [9.17, 15) is 4.39 Å². The Morgan fingerprint density at radius 1 is 1.69 bits per heavy atom. The summed E-state index contributed by atoms with van der Waals surface area (Å²) in [4.78, 5) is 3.88. The number of nitrogens with one attached hydrogen (secondary N) is 1. The summed E-state index contributed by atoms with van der Waals surface area (Å²) in [6.45, 7) is 4.21. The van der Waals surface area contributed by atoms with Crippen molar-refractivity contribution >= 4 is 21.7 Å². The zero-order valence-corrected chi connectivity index (χ0v) is 8.64. The highest BCUT2D eigenvalue weighted by Gasteiger charge is 2.02. The third-order valence-corrected chi connectivity index (χ3v) is 1.88. The molecule has 0 unspecified atom stereocenters. The van der Waals surface area contributed by atoms with Crippen molar-refractivity contribution in [2.24, 2.45) is 0 Å². The third kappa shape index (κ3) is 3.14. The first-order chi connectivity index (χ1) is 6.24. The van der Waals surface area contributed by atoms with Crippen LogP contribution < -0.4 is 5.32 Å².